The van der Waals surface area contributed by atoms with Crippen LogP contribution < -0.4 is 4.74 Å². The highest BCUT2D eigenvalue weighted by atomic mass is 16.5. The molecule has 0 unspecified atom stereocenters. The SMILES string of the molecule is C[C@@H](c1nc2ccccc2n1CCOc1ccccc1)N1CCOCC1. The monoisotopic (exact) mass is 351 g/mol. The largest absolute Gasteiger partial charge is 0.492 e. The molecule has 5 heteroatoms. The van der Waals surface area contributed by atoms with Gasteiger partial charge in [0.05, 0.1) is 36.8 Å². The molecule has 0 aliphatic carbocycles. The Morgan fingerprint density at radius 1 is 1.04 bits per heavy atom. The van der Waals surface area contributed by atoms with Crippen LogP contribution in [0.25, 0.3) is 11.0 Å². The highest BCUT2D eigenvalue weighted by molar-refractivity contribution is 5.76. The molecule has 0 amide bonds. The third kappa shape index (κ3) is 3.59. The van der Waals surface area contributed by atoms with Crippen molar-refractivity contribution in [2.45, 2.75) is 19.5 Å². The molecule has 3 aromatic rings. The first-order valence-electron chi connectivity index (χ1n) is 9.28. The molecular weight excluding hydrogens is 326 g/mol. The number of imidazole rings is 1. The third-order valence-corrected chi connectivity index (χ3v) is 4.98. The Kier molecular flexibility index (Phi) is 5.18. The van der Waals surface area contributed by atoms with E-state index in [0.717, 1.165) is 49.9 Å². The summed E-state index contributed by atoms with van der Waals surface area (Å²) in [5, 5.41) is 0. The molecule has 2 heterocycles. The van der Waals surface area contributed by atoms with Gasteiger partial charge in [-0.05, 0) is 31.2 Å². The summed E-state index contributed by atoms with van der Waals surface area (Å²) in [6.07, 6.45) is 0. The molecule has 0 spiro atoms. The van der Waals surface area contributed by atoms with E-state index in [-0.39, 0.29) is 6.04 Å². The van der Waals surface area contributed by atoms with Gasteiger partial charge in [-0.2, -0.15) is 0 Å². The minimum absolute atomic E-state index is 0.253. The van der Waals surface area contributed by atoms with Gasteiger partial charge in [0.1, 0.15) is 18.2 Å². The molecule has 1 aromatic heterocycles. The molecule has 1 saturated heterocycles. The maximum absolute atomic E-state index is 5.93. The van der Waals surface area contributed by atoms with Crippen molar-refractivity contribution in [1.29, 1.82) is 0 Å². The van der Waals surface area contributed by atoms with E-state index < -0.39 is 0 Å². The predicted molar refractivity (Wildman–Crippen MR) is 102 cm³/mol. The summed E-state index contributed by atoms with van der Waals surface area (Å²) in [5.41, 5.74) is 2.21. The molecule has 26 heavy (non-hydrogen) atoms. The van der Waals surface area contributed by atoms with E-state index in [0.29, 0.717) is 6.61 Å². The first-order valence-corrected chi connectivity index (χ1v) is 9.28. The Labute approximate surface area is 154 Å². The van der Waals surface area contributed by atoms with Crippen molar-refractivity contribution in [3.05, 3.63) is 60.4 Å². The lowest BCUT2D eigenvalue weighted by Crippen LogP contribution is -2.39. The average Bonchev–Trinajstić information content (AvgIpc) is 3.08. The number of ether oxygens (including phenoxy) is 2. The van der Waals surface area contributed by atoms with Gasteiger partial charge in [-0.15, -0.1) is 0 Å². The van der Waals surface area contributed by atoms with Crippen LogP contribution in [0, 0.1) is 0 Å². The number of hydrogen-bond donors (Lipinski definition) is 0. The molecule has 1 atom stereocenters. The molecular formula is C21H25N3O2. The molecule has 2 aromatic carbocycles. The van der Waals surface area contributed by atoms with E-state index in [4.69, 9.17) is 14.5 Å². The summed E-state index contributed by atoms with van der Waals surface area (Å²) < 4.78 is 13.7. The van der Waals surface area contributed by atoms with Crippen LogP contribution in [0.3, 0.4) is 0 Å². The fourth-order valence-corrected chi connectivity index (χ4v) is 3.55. The zero-order chi connectivity index (χ0) is 17.8. The first-order chi connectivity index (χ1) is 12.8. The normalized spacial score (nSPS) is 16.7. The molecule has 1 aliphatic heterocycles. The number of aromatic nitrogens is 2. The molecule has 136 valence electrons. The summed E-state index contributed by atoms with van der Waals surface area (Å²) in [6, 6.07) is 18.6. The Morgan fingerprint density at radius 3 is 2.58 bits per heavy atom. The van der Waals surface area contributed by atoms with Crippen LogP contribution in [-0.2, 0) is 11.3 Å². The fourth-order valence-electron chi connectivity index (χ4n) is 3.55. The van der Waals surface area contributed by atoms with E-state index in [9.17, 15) is 0 Å². The maximum Gasteiger partial charge on any atom is 0.127 e. The van der Waals surface area contributed by atoms with E-state index in [2.05, 4.69) is 34.6 Å². The van der Waals surface area contributed by atoms with Gasteiger partial charge in [-0.3, -0.25) is 4.90 Å². The average molecular weight is 351 g/mol. The van der Waals surface area contributed by atoms with Crippen molar-refractivity contribution in [3.63, 3.8) is 0 Å². The van der Waals surface area contributed by atoms with E-state index in [1.165, 1.54) is 5.52 Å². The molecule has 0 radical (unpaired) electrons. The summed E-state index contributed by atoms with van der Waals surface area (Å²) in [7, 11) is 0. The van der Waals surface area contributed by atoms with Crippen LogP contribution in [0.15, 0.2) is 54.6 Å². The minimum Gasteiger partial charge on any atom is -0.492 e. The Balaban J connectivity index is 1.57. The third-order valence-electron chi connectivity index (χ3n) is 4.98. The molecule has 1 fully saturated rings. The number of hydrogen-bond acceptors (Lipinski definition) is 4. The van der Waals surface area contributed by atoms with Gasteiger partial charge < -0.3 is 14.0 Å². The topological polar surface area (TPSA) is 39.5 Å². The molecule has 0 saturated carbocycles. The predicted octanol–water partition coefficient (Wildman–Crippen LogP) is 3.51. The second-order valence-corrected chi connectivity index (χ2v) is 6.60. The Morgan fingerprint density at radius 2 is 1.77 bits per heavy atom. The zero-order valence-corrected chi connectivity index (χ0v) is 15.2. The first kappa shape index (κ1) is 17.1. The van der Waals surface area contributed by atoms with Gasteiger partial charge in [0, 0.05) is 13.1 Å². The van der Waals surface area contributed by atoms with E-state index >= 15 is 0 Å². The maximum atomic E-state index is 5.93. The number of nitrogens with zero attached hydrogens (tertiary/aromatic N) is 3. The smallest absolute Gasteiger partial charge is 0.127 e. The summed E-state index contributed by atoms with van der Waals surface area (Å²) in [6.45, 7) is 7.12. The van der Waals surface area contributed by atoms with Crippen molar-refractivity contribution >= 4 is 11.0 Å². The highest BCUT2D eigenvalue weighted by Crippen LogP contribution is 2.25. The summed E-state index contributed by atoms with van der Waals surface area (Å²) in [5.74, 6) is 2.00. The van der Waals surface area contributed by atoms with Crippen molar-refractivity contribution in [2.24, 2.45) is 0 Å². The van der Waals surface area contributed by atoms with E-state index in [1.807, 2.05) is 36.4 Å². The fraction of sp³-hybridized carbons (Fsp3) is 0.381. The summed E-state index contributed by atoms with van der Waals surface area (Å²) >= 11 is 0. The number of benzene rings is 2. The lowest BCUT2D eigenvalue weighted by molar-refractivity contribution is 0.0175. The zero-order valence-electron chi connectivity index (χ0n) is 15.2. The highest BCUT2D eigenvalue weighted by Gasteiger charge is 2.23. The molecule has 0 bridgehead atoms. The lowest BCUT2D eigenvalue weighted by Gasteiger charge is -2.32. The molecule has 1 aliphatic rings. The lowest BCUT2D eigenvalue weighted by atomic mass is 10.2. The van der Waals surface area contributed by atoms with Crippen molar-refractivity contribution in [1.82, 2.24) is 14.5 Å². The van der Waals surface area contributed by atoms with Crippen LogP contribution in [0.4, 0.5) is 0 Å². The number of fused-ring (bicyclic) bond motifs is 1. The second-order valence-electron chi connectivity index (χ2n) is 6.60. The van der Waals surface area contributed by atoms with Crippen LogP contribution in [-0.4, -0.2) is 47.4 Å². The number of morpholine rings is 1. The van der Waals surface area contributed by atoms with Gasteiger partial charge in [0.25, 0.3) is 0 Å². The van der Waals surface area contributed by atoms with Crippen LogP contribution >= 0.6 is 0 Å². The summed E-state index contributed by atoms with van der Waals surface area (Å²) in [4.78, 5) is 7.38. The standard InChI is InChI=1S/C21H25N3O2/c1-17(23-11-14-25-15-12-23)21-22-19-9-5-6-10-20(19)24(21)13-16-26-18-7-3-2-4-8-18/h2-10,17H,11-16H2,1H3/t17-/m0/s1. The van der Waals surface area contributed by atoms with Crippen molar-refractivity contribution in [3.8, 4) is 5.75 Å². The van der Waals surface area contributed by atoms with E-state index in [1.54, 1.807) is 0 Å². The van der Waals surface area contributed by atoms with Crippen molar-refractivity contribution in [2.75, 3.05) is 32.9 Å². The van der Waals surface area contributed by atoms with Gasteiger partial charge >= 0.3 is 0 Å². The van der Waals surface area contributed by atoms with Gasteiger partial charge in [-0.25, -0.2) is 4.98 Å². The Bertz CT molecular complexity index is 841. The molecule has 5 nitrogen and oxygen atoms in total. The Hall–Kier alpha value is -2.37. The molecule has 0 N–H and O–H groups in total. The minimum atomic E-state index is 0.253. The van der Waals surface area contributed by atoms with Crippen LogP contribution in [0.2, 0.25) is 0 Å². The quantitative estimate of drug-likeness (QED) is 0.681. The van der Waals surface area contributed by atoms with Crippen LogP contribution in [0.1, 0.15) is 18.8 Å². The number of para-hydroxylation sites is 3. The van der Waals surface area contributed by atoms with Crippen molar-refractivity contribution < 1.29 is 9.47 Å². The van der Waals surface area contributed by atoms with Gasteiger partial charge in [0.2, 0.25) is 0 Å². The second kappa shape index (κ2) is 7.89. The number of rotatable bonds is 6. The molecule has 4 rings (SSSR count). The van der Waals surface area contributed by atoms with Gasteiger partial charge in [0.15, 0.2) is 0 Å². The van der Waals surface area contributed by atoms with Gasteiger partial charge in [-0.1, -0.05) is 30.3 Å². The van der Waals surface area contributed by atoms with Crippen LogP contribution in [0.5, 0.6) is 5.75 Å².